The number of hydrogen-bond donors (Lipinski definition) is 1. The van der Waals surface area contributed by atoms with E-state index in [9.17, 15) is 9.59 Å². The van der Waals surface area contributed by atoms with Crippen LogP contribution >= 0.6 is 0 Å². The predicted octanol–water partition coefficient (Wildman–Crippen LogP) is 2.86. The maximum Gasteiger partial charge on any atom is 0.276 e. The monoisotopic (exact) mass is 407 g/mol. The Hall–Kier alpha value is -3.09. The van der Waals surface area contributed by atoms with E-state index < -0.39 is 0 Å². The van der Waals surface area contributed by atoms with Crippen LogP contribution in [-0.2, 0) is 6.42 Å². The number of hydrogen-bond acceptors (Lipinski definition) is 4. The summed E-state index contributed by atoms with van der Waals surface area (Å²) < 4.78 is 1.40. The molecular weight excluding hydrogens is 378 g/mol. The molecule has 0 radical (unpaired) electrons. The second kappa shape index (κ2) is 7.97. The summed E-state index contributed by atoms with van der Waals surface area (Å²) in [6.07, 6.45) is 3.17. The topological polar surface area (TPSA) is 73.7 Å². The van der Waals surface area contributed by atoms with Crippen LogP contribution in [0.5, 0.6) is 0 Å². The quantitative estimate of drug-likeness (QED) is 0.722. The number of H-pyrrole nitrogens is 1. The van der Waals surface area contributed by atoms with Gasteiger partial charge < -0.3 is 9.80 Å². The van der Waals surface area contributed by atoms with Crippen molar-refractivity contribution < 1.29 is 4.79 Å². The summed E-state index contributed by atoms with van der Waals surface area (Å²) in [5.41, 5.74) is 5.90. The number of carbonyl (C=O) groups excluding carboxylic acids is 1. The van der Waals surface area contributed by atoms with Crippen molar-refractivity contribution >= 4 is 17.2 Å². The fraction of sp³-hybridized carbons (Fsp3) is 0.435. The average molecular weight is 408 g/mol. The van der Waals surface area contributed by atoms with Crippen molar-refractivity contribution in [2.24, 2.45) is 0 Å². The Morgan fingerprint density at radius 3 is 2.57 bits per heavy atom. The zero-order valence-corrected chi connectivity index (χ0v) is 18.2. The number of aromatic amines is 1. The van der Waals surface area contributed by atoms with Crippen LogP contribution in [-0.4, -0.2) is 51.6 Å². The molecule has 0 spiro atoms. The lowest BCUT2D eigenvalue weighted by Gasteiger charge is -2.36. The molecule has 1 aliphatic heterocycles. The van der Waals surface area contributed by atoms with Crippen molar-refractivity contribution in [3.63, 3.8) is 0 Å². The van der Waals surface area contributed by atoms with E-state index >= 15 is 0 Å². The summed E-state index contributed by atoms with van der Waals surface area (Å²) in [7, 11) is 0. The Bertz CT molecular complexity index is 1150. The van der Waals surface area contributed by atoms with Gasteiger partial charge in [0.25, 0.3) is 11.5 Å². The van der Waals surface area contributed by atoms with Gasteiger partial charge in [-0.25, -0.2) is 9.50 Å². The van der Waals surface area contributed by atoms with E-state index in [4.69, 9.17) is 0 Å². The lowest BCUT2D eigenvalue weighted by Crippen LogP contribution is -2.49. The molecule has 2 aromatic heterocycles. The number of benzene rings is 1. The molecule has 4 rings (SSSR count). The number of nitrogens with zero attached hydrogens (tertiary/aromatic N) is 4. The summed E-state index contributed by atoms with van der Waals surface area (Å²) in [5.74, 6) is -0.0797. The third kappa shape index (κ3) is 3.49. The summed E-state index contributed by atoms with van der Waals surface area (Å²) in [4.78, 5) is 34.8. The summed E-state index contributed by atoms with van der Waals surface area (Å²) >= 11 is 0. The number of aryl methyl sites for hydroxylation is 3. The van der Waals surface area contributed by atoms with Crippen LogP contribution in [0.1, 0.15) is 46.1 Å². The van der Waals surface area contributed by atoms with Gasteiger partial charge in [0.05, 0.1) is 0 Å². The van der Waals surface area contributed by atoms with Crippen LogP contribution in [0.2, 0.25) is 0 Å². The standard InChI is InChI=1S/C23H29N5O2/c1-5-6-18-17(4)25-21-19(14-24-28(21)23(18)30)22(29)27-11-9-26(10-12-27)20-13-15(2)7-8-16(20)3/h7-8,13-14,24H,5-6,9-12H2,1-4H3. The number of aromatic nitrogens is 3. The minimum atomic E-state index is -0.113. The molecule has 0 unspecified atom stereocenters. The van der Waals surface area contributed by atoms with E-state index in [1.807, 2.05) is 18.7 Å². The van der Waals surface area contributed by atoms with Gasteiger partial charge in [-0.1, -0.05) is 25.5 Å². The Morgan fingerprint density at radius 2 is 1.87 bits per heavy atom. The van der Waals surface area contributed by atoms with Crippen LogP contribution in [0.15, 0.2) is 29.2 Å². The van der Waals surface area contributed by atoms with Crippen molar-refractivity contribution in [1.82, 2.24) is 19.5 Å². The number of amides is 1. The summed E-state index contributed by atoms with van der Waals surface area (Å²) in [6.45, 7) is 10.9. The van der Waals surface area contributed by atoms with E-state index in [2.05, 4.69) is 47.0 Å². The SMILES string of the molecule is CCCc1c(C)nc2c(C(=O)N3CCN(c4cc(C)ccc4C)CC3)c[nH]n2c1=O. The van der Waals surface area contributed by atoms with E-state index in [1.165, 1.54) is 21.3 Å². The first-order valence-electron chi connectivity index (χ1n) is 10.6. The van der Waals surface area contributed by atoms with Crippen LogP contribution < -0.4 is 10.5 Å². The fourth-order valence-electron chi connectivity index (χ4n) is 4.23. The number of nitrogens with one attached hydrogen (secondary N) is 1. The second-order valence-electron chi connectivity index (χ2n) is 8.15. The molecule has 0 bridgehead atoms. The van der Waals surface area contributed by atoms with Gasteiger partial charge >= 0.3 is 0 Å². The lowest BCUT2D eigenvalue weighted by molar-refractivity contribution is 0.0748. The molecule has 3 aromatic rings. The van der Waals surface area contributed by atoms with Crippen LogP contribution in [0.4, 0.5) is 5.69 Å². The molecule has 1 aliphatic rings. The van der Waals surface area contributed by atoms with Gasteiger partial charge in [-0.2, -0.15) is 0 Å². The number of anilines is 1. The normalized spacial score (nSPS) is 14.5. The second-order valence-corrected chi connectivity index (χ2v) is 8.15. The van der Waals surface area contributed by atoms with E-state index in [0.717, 1.165) is 19.5 Å². The molecule has 1 fully saturated rings. The highest BCUT2D eigenvalue weighted by Crippen LogP contribution is 2.23. The summed E-state index contributed by atoms with van der Waals surface area (Å²) in [6, 6.07) is 6.48. The Balaban J connectivity index is 1.55. The van der Waals surface area contributed by atoms with Gasteiger partial charge in [-0.15, -0.1) is 0 Å². The van der Waals surface area contributed by atoms with E-state index in [0.29, 0.717) is 42.0 Å². The van der Waals surface area contributed by atoms with Crippen molar-refractivity contribution in [3.8, 4) is 0 Å². The van der Waals surface area contributed by atoms with Gasteiger partial charge in [0.1, 0.15) is 5.56 Å². The molecule has 0 aliphatic carbocycles. The van der Waals surface area contributed by atoms with Gasteiger partial charge in [0.15, 0.2) is 5.65 Å². The number of rotatable bonds is 4. The average Bonchev–Trinajstić information content (AvgIpc) is 3.16. The van der Waals surface area contributed by atoms with Crippen molar-refractivity contribution in [2.75, 3.05) is 31.1 Å². The molecule has 3 heterocycles. The Kier molecular flexibility index (Phi) is 5.37. The van der Waals surface area contributed by atoms with Crippen molar-refractivity contribution in [3.05, 3.63) is 62.7 Å². The largest absolute Gasteiger partial charge is 0.368 e. The fourth-order valence-corrected chi connectivity index (χ4v) is 4.23. The molecule has 1 saturated heterocycles. The molecule has 1 amide bonds. The molecule has 158 valence electrons. The molecular formula is C23H29N5O2. The first kappa shape index (κ1) is 20.2. The van der Waals surface area contributed by atoms with E-state index in [-0.39, 0.29) is 11.5 Å². The minimum Gasteiger partial charge on any atom is -0.368 e. The number of piperazine rings is 1. The molecule has 1 N–H and O–H groups in total. The van der Waals surface area contributed by atoms with Gasteiger partial charge in [0, 0.05) is 49.3 Å². The third-order valence-electron chi connectivity index (χ3n) is 5.96. The maximum absolute atomic E-state index is 13.2. The molecule has 0 atom stereocenters. The Labute approximate surface area is 176 Å². The predicted molar refractivity (Wildman–Crippen MR) is 119 cm³/mol. The first-order valence-corrected chi connectivity index (χ1v) is 10.6. The van der Waals surface area contributed by atoms with Crippen molar-refractivity contribution in [2.45, 2.75) is 40.5 Å². The van der Waals surface area contributed by atoms with Gasteiger partial charge in [-0.05, 0) is 44.4 Å². The lowest BCUT2D eigenvalue weighted by atomic mass is 10.1. The van der Waals surface area contributed by atoms with Gasteiger partial charge in [0.2, 0.25) is 0 Å². The van der Waals surface area contributed by atoms with Crippen LogP contribution in [0.3, 0.4) is 0 Å². The van der Waals surface area contributed by atoms with Gasteiger partial charge in [-0.3, -0.25) is 14.7 Å². The van der Waals surface area contributed by atoms with Crippen molar-refractivity contribution in [1.29, 1.82) is 0 Å². The zero-order valence-electron chi connectivity index (χ0n) is 18.2. The highest BCUT2D eigenvalue weighted by Gasteiger charge is 2.26. The maximum atomic E-state index is 13.2. The first-order chi connectivity index (χ1) is 14.4. The number of carbonyl (C=O) groups is 1. The molecule has 7 nitrogen and oxygen atoms in total. The smallest absolute Gasteiger partial charge is 0.276 e. The third-order valence-corrected chi connectivity index (χ3v) is 5.96. The molecule has 1 aromatic carbocycles. The Morgan fingerprint density at radius 1 is 1.13 bits per heavy atom. The molecule has 30 heavy (non-hydrogen) atoms. The van der Waals surface area contributed by atoms with Crippen LogP contribution in [0.25, 0.3) is 5.65 Å². The highest BCUT2D eigenvalue weighted by atomic mass is 16.2. The minimum absolute atomic E-state index is 0.0797. The number of fused-ring (bicyclic) bond motifs is 1. The summed E-state index contributed by atoms with van der Waals surface area (Å²) in [5, 5.41) is 2.93. The highest BCUT2D eigenvalue weighted by molar-refractivity contribution is 5.99. The van der Waals surface area contributed by atoms with Crippen LogP contribution in [0, 0.1) is 20.8 Å². The molecule has 7 heteroatoms. The molecule has 0 saturated carbocycles. The van der Waals surface area contributed by atoms with E-state index in [1.54, 1.807) is 6.20 Å². The zero-order chi connectivity index (χ0) is 21.4.